The molecule has 1 heterocycles. The minimum Gasteiger partial charge on any atom is -0.444 e. The van der Waals surface area contributed by atoms with Crippen LogP contribution in [0, 0.1) is 5.92 Å². The number of amides is 1. The smallest absolute Gasteiger partial charge is 0.416 e. The summed E-state index contributed by atoms with van der Waals surface area (Å²) >= 11 is 0. The van der Waals surface area contributed by atoms with Crippen LogP contribution in [0.25, 0.3) is 0 Å². The van der Waals surface area contributed by atoms with Gasteiger partial charge in [0.1, 0.15) is 5.60 Å². The Morgan fingerprint density at radius 3 is 2.03 bits per heavy atom. The topological polar surface area (TPSA) is 61.9 Å². The molecule has 1 amide bonds. The number of hydrogen-bond donors (Lipinski definition) is 1. The van der Waals surface area contributed by atoms with Gasteiger partial charge in [-0.05, 0) is 71.2 Å². The molecule has 0 radical (unpaired) electrons. The molecule has 1 aliphatic rings. The highest BCUT2D eigenvalue weighted by atomic mass is 32.2. The fraction of sp³-hybridized carbons (Fsp3) is 0.708. The molecule has 1 aliphatic heterocycles. The summed E-state index contributed by atoms with van der Waals surface area (Å²) in [5, 5.41) is 0. The van der Waals surface area contributed by atoms with Gasteiger partial charge in [0, 0.05) is 37.9 Å². The standard InChI is InChI=1S/C24H38F3N3O3S/c1-16(2)20(28-34(32)23(6,7)8)18-15-17(24(25,26)27)9-10-19(18)29-11-13-30(14-12-29)21(31)33-22(3,4)5/h9-10,15-16,20,28H,11-14H2,1-8H3. The zero-order valence-electron chi connectivity index (χ0n) is 21.4. The molecule has 1 N–H and O–H groups in total. The highest BCUT2D eigenvalue weighted by Crippen LogP contribution is 2.38. The maximum absolute atomic E-state index is 13.6. The third-order valence-corrected chi connectivity index (χ3v) is 7.00. The summed E-state index contributed by atoms with van der Waals surface area (Å²) < 4.78 is 61.5. The molecule has 1 aromatic carbocycles. The van der Waals surface area contributed by atoms with Crippen molar-refractivity contribution < 1.29 is 26.9 Å². The number of carbonyl (C=O) groups excluding carboxylic acids is 1. The number of nitrogens with zero attached hydrogens (tertiary/aromatic N) is 2. The van der Waals surface area contributed by atoms with Crippen molar-refractivity contribution >= 4 is 22.8 Å². The monoisotopic (exact) mass is 505 g/mol. The van der Waals surface area contributed by atoms with Crippen molar-refractivity contribution in [1.29, 1.82) is 0 Å². The number of nitrogens with one attached hydrogen (secondary N) is 1. The molecule has 0 aromatic heterocycles. The SMILES string of the molecule is CC(C)C(NS(=O)C(C)(C)C)c1cc(C(F)(F)F)ccc1N1CCN(C(=O)OC(C)(C)C)CC1. The van der Waals surface area contributed by atoms with E-state index in [4.69, 9.17) is 4.74 Å². The lowest BCUT2D eigenvalue weighted by Gasteiger charge is -2.39. The van der Waals surface area contributed by atoms with Crippen LogP contribution >= 0.6 is 0 Å². The molecular weight excluding hydrogens is 467 g/mol. The van der Waals surface area contributed by atoms with Crippen LogP contribution in [0.5, 0.6) is 0 Å². The first-order valence-electron chi connectivity index (χ1n) is 11.5. The van der Waals surface area contributed by atoms with E-state index in [1.54, 1.807) is 25.7 Å². The average molecular weight is 506 g/mol. The lowest BCUT2D eigenvalue weighted by molar-refractivity contribution is -0.137. The maximum Gasteiger partial charge on any atom is 0.416 e. The Kier molecular flexibility index (Phi) is 8.73. The molecule has 0 bridgehead atoms. The number of piperazine rings is 1. The quantitative estimate of drug-likeness (QED) is 0.573. The van der Waals surface area contributed by atoms with Gasteiger partial charge in [0.2, 0.25) is 0 Å². The first-order valence-corrected chi connectivity index (χ1v) is 12.7. The van der Waals surface area contributed by atoms with Gasteiger partial charge in [0.05, 0.1) is 21.3 Å². The van der Waals surface area contributed by atoms with Crippen molar-refractivity contribution in [2.24, 2.45) is 5.92 Å². The Morgan fingerprint density at radius 2 is 1.59 bits per heavy atom. The summed E-state index contributed by atoms with van der Waals surface area (Å²) in [6.07, 6.45) is -4.89. The fourth-order valence-corrected chi connectivity index (χ4v) is 4.56. The van der Waals surface area contributed by atoms with Crippen LogP contribution in [0.4, 0.5) is 23.7 Å². The lowest BCUT2D eigenvalue weighted by atomic mass is 9.93. The normalized spacial score (nSPS) is 17.6. The number of halogens is 3. The highest BCUT2D eigenvalue weighted by molar-refractivity contribution is 7.84. The van der Waals surface area contributed by atoms with Gasteiger partial charge in [-0.25, -0.2) is 13.7 Å². The Hall–Kier alpha value is -1.81. The van der Waals surface area contributed by atoms with Gasteiger partial charge in [0.25, 0.3) is 0 Å². The summed E-state index contributed by atoms with van der Waals surface area (Å²) in [5.74, 6) is -0.114. The third-order valence-electron chi connectivity index (χ3n) is 5.42. The predicted molar refractivity (Wildman–Crippen MR) is 130 cm³/mol. The molecule has 1 aromatic rings. The van der Waals surface area contributed by atoms with Crippen LogP contribution in [0.2, 0.25) is 0 Å². The van der Waals surface area contributed by atoms with Crippen LogP contribution in [-0.2, 0) is 21.9 Å². The maximum atomic E-state index is 13.6. The molecule has 194 valence electrons. The molecule has 2 rings (SSSR count). The summed E-state index contributed by atoms with van der Waals surface area (Å²) in [5.41, 5.74) is -0.247. The molecule has 34 heavy (non-hydrogen) atoms. The van der Waals surface area contributed by atoms with Crippen LogP contribution in [0.15, 0.2) is 18.2 Å². The van der Waals surface area contributed by atoms with Crippen LogP contribution in [0.3, 0.4) is 0 Å². The van der Waals surface area contributed by atoms with Crippen molar-refractivity contribution in [3.63, 3.8) is 0 Å². The van der Waals surface area contributed by atoms with Crippen molar-refractivity contribution in [2.75, 3.05) is 31.1 Å². The van der Waals surface area contributed by atoms with Gasteiger partial charge in [-0.2, -0.15) is 13.2 Å². The summed E-state index contributed by atoms with van der Waals surface area (Å²) in [7, 11) is -1.47. The van der Waals surface area contributed by atoms with Crippen LogP contribution < -0.4 is 9.62 Å². The van der Waals surface area contributed by atoms with Gasteiger partial charge >= 0.3 is 12.3 Å². The molecule has 1 fully saturated rings. The van der Waals surface area contributed by atoms with Crippen molar-refractivity contribution in [2.45, 2.75) is 78.0 Å². The van der Waals surface area contributed by atoms with E-state index in [-0.39, 0.29) is 5.92 Å². The summed E-state index contributed by atoms with van der Waals surface area (Å²) in [6, 6.07) is 3.17. The van der Waals surface area contributed by atoms with E-state index in [1.165, 1.54) is 6.07 Å². The van der Waals surface area contributed by atoms with Crippen molar-refractivity contribution in [3.8, 4) is 0 Å². The summed E-state index contributed by atoms with van der Waals surface area (Å²) in [6.45, 7) is 16.3. The number of rotatable bonds is 5. The molecule has 0 saturated carbocycles. The summed E-state index contributed by atoms with van der Waals surface area (Å²) in [4.78, 5) is 16.0. The third kappa shape index (κ3) is 7.60. The average Bonchev–Trinajstić information content (AvgIpc) is 2.68. The van der Waals surface area contributed by atoms with Gasteiger partial charge < -0.3 is 14.5 Å². The van der Waals surface area contributed by atoms with E-state index in [9.17, 15) is 22.2 Å². The van der Waals surface area contributed by atoms with Crippen molar-refractivity contribution in [1.82, 2.24) is 9.62 Å². The Bertz CT molecular complexity index is 884. The Labute approximate surface area is 203 Å². The van der Waals surface area contributed by atoms with E-state index in [0.29, 0.717) is 37.4 Å². The van der Waals surface area contributed by atoms with Crippen molar-refractivity contribution in [3.05, 3.63) is 29.3 Å². The van der Waals surface area contributed by atoms with E-state index >= 15 is 0 Å². The van der Waals surface area contributed by atoms with Gasteiger partial charge in [0.15, 0.2) is 0 Å². The first kappa shape index (κ1) is 28.4. The molecule has 2 unspecified atom stereocenters. The molecule has 10 heteroatoms. The lowest BCUT2D eigenvalue weighted by Crippen LogP contribution is -2.50. The minimum absolute atomic E-state index is 0.114. The Morgan fingerprint density at radius 1 is 1.03 bits per heavy atom. The molecule has 6 nitrogen and oxygen atoms in total. The van der Waals surface area contributed by atoms with Crippen LogP contribution in [-0.4, -0.2) is 51.7 Å². The number of benzene rings is 1. The second-order valence-electron chi connectivity index (χ2n) is 10.9. The zero-order chi connectivity index (χ0) is 26.1. The largest absolute Gasteiger partial charge is 0.444 e. The number of carbonyl (C=O) groups is 1. The number of ether oxygens (including phenoxy) is 1. The highest BCUT2D eigenvalue weighted by Gasteiger charge is 2.35. The second kappa shape index (κ2) is 10.4. The first-order chi connectivity index (χ1) is 15.4. The minimum atomic E-state index is -4.49. The molecular formula is C24H38F3N3O3S. The molecule has 0 aliphatic carbocycles. The molecule has 2 atom stereocenters. The van der Waals surface area contributed by atoms with E-state index in [0.717, 1.165) is 12.1 Å². The van der Waals surface area contributed by atoms with E-state index in [2.05, 4.69) is 4.72 Å². The predicted octanol–water partition coefficient (Wildman–Crippen LogP) is 5.51. The molecule has 0 spiro atoms. The van der Waals surface area contributed by atoms with Gasteiger partial charge in [-0.3, -0.25) is 0 Å². The number of hydrogen-bond acceptors (Lipinski definition) is 4. The van der Waals surface area contributed by atoms with Gasteiger partial charge in [-0.1, -0.05) is 13.8 Å². The zero-order valence-corrected chi connectivity index (χ0v) is 22.2. The Balaban J connectivity index is 2.37. The fourth-order valence-electron chi connectivity index (χ4n) is 3.58. The van der Waals surface area contributed by atoms with Gasteiger partial charge in [-0.15, -0.1) is 0 Å². The molecule has 1 saturated heterocycles. The second-order valence-corrected chi connectivity index (χ2v) is 12.9. The van der Waals surface area contributed by atoms with E-state index in [1.807, 2.05) is 39.5 Å². The number of alkyl halides is 3. The van der Waals surface area contributed by atoms with Crippen LogP contribution in [0.1, 0.15) is 72.6 Å². The number of anilines is 1. The van der Waals surface area contributed by atoms with E-state index < -0.39 is 45.2 Å².